The Morgan fingerprint density at radius 3 is 2.56 bits per heavy atom. The van der Waals surface area contributed by atoms with Crippen LogP contribution in [0, 0.1) is 17.1 Å². The lowest BCUT2D eigenvalue weighted by molar-refractivity contribution is 0.174. The average Bonchev–Trinajstić information content (AvgIpc) is 3.29. The smallest absolute Gasteiger partial charge is 0.231 e. The summed E-state index contributed by atoms with van der Waals surface area (Å²) in [5, 5.41) is 10.1. The van der Waals surface area contributed by atoms with E-state index in [9.17, 15) is 9.65 Å². The topological polar surface area (TPSA) is 96.0 Å². The molecule has 0 radical (unpaired) electrons. The molecule has 0 saturated heterocycles. The van der Waals surface area contributed by atoms with E-state index in [1.807, 2.05) is 0 Å². The highest BCUT2D eigenvalue weighted by atomic mass is 35.5. The van der Waals surface area contributed by atoms with Crippen molar-refractivity contribution < 1.29 is 28.1 Å². The molecule has 3 aromatic rings. The van der Waals surface area contributed by atoms with Crippen molar-refractivity contribution in [3.8, 4) is 34.8 Å². The van der Waals surface area contributed by atoms with Gasteiger partial charge in [0.05, 0.1) is 18.1 Å². The van der Waals surface area contributed by atoms with Crippen LogP contribution in [0.2, 0.25) is 5.02 Å². The maximum atomic E-state index is 13.2. The molecule has 9 heteroatoms. The van der Waals surface area contributed by atoms with Crippen LogP contribution >= 0.6 is 11.6 Å². The number of methoxy groups -OCH3 is 1. The number of nitrogens with two attached hydrogens (primary N) is 1. The summed E-state index contributed by atoms with van der Waals surface area (Å²) >= 11 is 6.60. The highest BCUT2D eigenvalue weighted by molar-refractivity contribution is 6.32. The molecule has 0 saturated carbocycles. The highest BCUT2D eigenvalue weighted by Gasteiger charge is 2.34. The zero-order chi connectivity index (χ0) is 23.8. The van der Waals surface area contributed by atoms with Crippen molar-refractivity contribution in [3.05, 3.63) is 87.5 Å². The molecule has 7 nitrogen and oxygen atoms in total. The molecule has 172 valence electrons. The van der Waals surface area contributed by atoms with Crippen LogP contribution in [0.5, 0.6) is 28.7 Å². The summed E-state index contributed by atoms with van der Waals surface area (Å²) in [6.07, 6.45) is 0. The molecule has 34 heavy (non-hydrogen) atoms. The minimum atomic E-state index is -0.583. The third kappa shape index (κ3) is 3.80. The minimum absolute atomic E-state index is 0.00871. The van der Waals surface area contributed by atoms with Crippen molar-refractivity contribution in [2.24, 2.45) is 5.73 Å². The fourth-order valence-corrected chi connectivity index (χ4v) is 4.25. The van der Waals surface area contributed by atoms with Gasteiger partial charge in [0.2, 0.25) is 12.7 Å². The SMILES string of the molecule is COc1cc([C@H]2C(C#N)=C(N)Oc3cc4c(cc32)OCO4)cc(Cl)c1OCc1ccc(F)cc1. The Labute approximate surface area is 199 Å². The van der Waals surface area contributed by atoms with E-state index in [0.717, 1.165) is 5.56 Å². The van der Waals surface area contributed by atoms with Gasteiger partial charge in [-0.25, -0.2) is 4.39 Å². The number of nitrogens with zero attached hydrogens (tertiary/aromatic N) is 1. The maximum absolute atomic E-state index is 13.2. The van der Waals surface area contributed by atoms with Gasteiger partial charge in [0.1, 0.15) is 29.8 Å². The first kappa shape index (κ1) is 21.7. The van der Waals surface area contributed by atoms with Crippen LogP contribution in [-0.4, -0.2) is 13.9 Å². The Bertz CT molecular complexity index is 1350. The van der Waals surface area contributed by atoms with Crippen molar-refractivity contribution in [1.82, 2.24) is 0 Å². The van der Waals surface area contributed by atoms with Crippen molar-refractivity contribution >= 4 is 11.6 Å². The Kier molecular flexibility index (Phi) is 5.56. The van der Waals surface area contributed by atoms with E-state index < -0.39 is 5.92 Å². The predicted octanol–water partition coefficient (Wildman–Crippen LogP) is 5.01. The summed E-state index contributed by atoms with van der Waals surface area (Å²) in [5.74, 6) is 1.31. The number of allylic oxidation sites excluding steroid dienone is 1. The Balaban J connectivity index is 1.55. The summed E-state index contributed by atoms with van der Waals surface area (Å²) < 4.78 is 41.3. The molecule has 2 heterocycles. The number of nitriles is 1. The normalized spacial score (nSPS) is 15.9. The molecule has 0 fully saturated rings. The van der Waals surface area contributed by atoms with Crippen LogP contribution in [0.4, 0.5) is 4.39 Å². The maximum Gasteiger partial charge on any atom is 0.231 e. The van der Waals surface area contributed by atoms with Gasteiger partial charge in [-0.1, -0.05) is 23.7 Å². The predicted molar refractivity (Wildman–Crippen MR) is 121 cm³/mol. The van der Waals surface area contributed by atoms with Crippen LogP contribution in [0.3, 0.4) is 0 Å². The van der Waals surface area contributed by atoms with Gasteiger partial charge in [-0.2, -0.15) is 5.26 Å². The first-order valence-electron chi connectivity index (χ1n) is 10.2. The molecule has 2 aliphatic heterocycles. The van der Waals surface area contributed by atoms with Crippen molar-refractivity contribution in [3.63, 3.8) is 0 Å². The Hall–Kier alpha value is -4.09. The second-order valence-electron chi connectivity index (χ2n) is 7.62. The first-order valence-corrected chi connectivity index (χ1v) is 10.6. The summed E-state index contributed by atoms with van der Waals surface area (Å²) in [6.45, 7) is 0.256. The number of rotatable bonds is 5. The number of benzene rings is 3. The van der Waals surface area contributed by atoms with E-state index in [1.165, 1.54) is 19.2 Å². The van der Waals surface area contributed by atoms with E-state index in [1.54, 1.807) is 36.4 Å². The largest absolute Gasteiger partial charge is 0.493 e. The molecule has 3 aromatic carbocycles. The standard InChI is InChI=1S/C25H18ClFN2O5/c1-30-22-7-14(6-18(26)24(22)31-11-13-2-4-15(27)5-3-13)23-16-8-20-21(33-12-32-20)9-19(16)34-25(29)17(23)10-28/h2-9,23H,11-12,29H2,1H3/t23-/m1/s1. The van der Waals surface area contributed by atoms with Gasteiger partial charge in [-0.15, -0.1) is 0 Å². The van der Waals surface area contributed by atoms with Gasteiger partial charge >= 0.3 is 0 Å². The van der Waals surface area contributed by atoms with Gasteiger partial charge in [0.15, 0.2) is 23.0 Å². The summed E-state index contributed by atoms with van der Waals surface area (Å²) in [7, 11) is 1.49. The van der Waals surface area contributed by atoms with Gasteiger partial charge in [-0.05, 0) is 41.5 Å². The van der Waals surface area contributed by atoms with Gasteiger partial charge in [-0.3, -0.25) is 0 Å². The lowest BCUT2D eigenvalue weighted by Crippen LogP contribution is -2.21. The molecule has 0 unspecified atom stereocenters. The number of hydrogen-bond acceptors (Lipinski definition) is 7. The monoisotopic (exact) mass is 480 g/mol. The van der Waals surface area contributed by atoms with Crippen LogP contribution < -0.4 is 29.4 Å². The zero-order valence-corrected chi connectivity index (χ0v) is 18.7. The molecule has 2 aliphatic rings. The molecular weight excluding hydrogens is 463 g/mol. The fourth-order valence-electron chi connectivity index (χ4n) is 3.97. The third-order valence-corrected chi connectivity index (χ3v) is 5.87. The highest BCUT2D eigenvalue weighted by Crippen LogP contribution is 2.50. The van der Waals surface area contributed by atoms with Crippen molar-refractivity contribution in [2.45, 2.75) is 12.5 Å². The molecule has 0 bridgehead atoms. The van der Waals surface area contributed by atoms with Gasteiger partial charge in [0.25, 0.3) is 0 Å². The molecule has 0 spiro atoms. The molecule has 2 N–H and O–H groups in total. The fraction of sp³-hybridized carbons (Fsp3) is 0.160. The van der Waals surface area contributed by atoms with E-state index in [4.69, 9.17) is 41.0 Å². The van der Waals surface area contributed by atoms with E-state index in [-0.39, 0.29) is 35.7 Å². The van der Waals surface area contributed by atoms with E-state index in [0.29, 0.717) is 39.9 Å². The number of fused-ring (bicyclic) bond motifs is 2. The minimum Gasteiger partial charge on any atom is -0.493 e. The van der Waals surface area contributed by atoms with Crippen LogP contribution in [-0.2, 0) is 6.61 Å². The number of halogens is 2. The van der Waals surface area contributed by atoms with Crippen molar-refractivity contribution in [2.75, 3.05) is 13.9 Å². The van der Waals surface area contributed by atoms with E-state index in [2.05, 4.69) is 6.07 Å². The second-order valence-corrected chi connectivity index (χ2v) is 8.02. The lowest BCUT2D eigenvalue weighted by Gasteiger charge is -2.27. The molecule has 0 aliphatic carbocycles. The van der Waals surface area contributed by atoms with Crippen LogP contribution in [0.25, 0.3) is 0 Å². The number of ether oxygens (including phenoxy) is 5. The lowest BCUT2D eigenvalue weighted by atomic mass is 9.83. The number of hydrogen-bond donors (Lipinski definition) is 1. The molecule has 0 aromatic heterocycles. The second kappa shape index (κ2) is 8.69. The summed E-state index contributed by atoms with van der Waals surface area (Å²) in [4.78, 5) is 0. The first-order chi connectivity index (χ1) is 16.5. The quantitative estimate of drug-likeness (QED) is 0.548. The van der Waals surface area contributed by atoms with Crippen LogP contribution in [0.15, 0.2) is 60.0 Å². The van der Waals surface area contributed by atoms with Gasteiger partial charge < -0.3 is 29.4 Å². The molecular formula is C25H18ClFN2O5. The zero-order valence-electron chi connectivity index (χ0n) is 17.9. The third-order valence-electron chi connectivity index (χ3n) is 5.59. The Morgan fingerprint density at radius 1 is 1.12 bits per heavy atom. The summed E-state index contributed by atoms with van der Waals surface area (Å²) in [6, 6.07) is 15.0. The van der Waals surface area contributed by atoms with Crippen LogP contribution in [0.1, 0.15) is 22.6 Å². The molecule has 0 amide bonds. The molecule has 1 atom stereocenters. The molecule has 5 rings (SSSR count). The van der Waals surface area contributed by atoms with Gasteiger partial charge in [0, 0.05) is 11.6 Å². The van der Waals surface area contributed by atoms with Crippen molar-refractivity contribution in [1.29, 1.82) is 5.26 Å². The summed E-state index contributed by atoms with van der Waals surface area (Å²) in [5.41, 5.74) is 8.40. The Morgan fingerprint density at radius 2 is 1.85 bits per heavy atom. The average molecular weight is 481 g/mol. The van der Waals surface area contributed by atoms with E-state index >= 15 is 0 Å².